The maximum absolute atomic E-state index is 13.6. The van der Waals surface area contributed by atoms with Gasteiger partial charge in [-0.25, -0.2) is 101 Å². The Labute approximate surface area is 987 Å². The smallest absolute Gasteiger partial charge is 0.744 e. The number of hydrogen-bond donors (Lipinski definition) is 4. The van der Waals surface area contributed by atoms with Crippen LogP contribution in [0, 0.1) is 13.8 Å². The van der Waals surface area contributed by atoms with Gasteiger partial charge < -0.3 is 76.2 Å². The Morgan fingerprint density at radius 3 is 0.838 bits per heavy atom. The van der Waals surface area contributed by atoms with Crippen LogP contribution in [-0.2, 0) is 157 Å². The molecule has 0 saturated carbocycles. The largest absolute Gasteiger partial charge is 1.00 e. The third-order valence-corrected chi connectivity index (χ3v) is 29.5. The second kappa shape index (κ2) is 56.9. The molecule has 0 saturated heterocycles. The second-order valence-corrected chi connectivity index (χ2v) is 44.4. The molecule has 2 amide bonds. The third kappa shape index (κ3) is 40.0. The number of carbonyl (C=O) groups excluding carboxylic acids is 4. The summed E-state index contributed by atoms with van der Waals surface area (Å²) in [6, 6.07) is 8.15. The first-order valence-corrected chi connectivity index (χ1v) is 52.8. The standard InChI is InChI=1S/C34H37N5O23S6.C32H33N5O23S6.8Na/c1-17-10-22(25(59-4)15-27(17)63(43,44)8-6-61-67(53,54)55)36-38-31(19(3)40)34(42)35-24-14-21-20(12-29(24)65(47,48)49)13-30(66(50,51)52)32(33(21)41)39-37-23-11-18(2)28(16-26(23)60-5)64(45,46)9-7-62-68(56,57)58;1-17(38)29(36-34-22-14-19(4-6-25(22)57-2)61(41,42)10-8-59-65(51,52)53)32(40)33-24-16-21-18(12-27(24)63(45,46)47)13-28(64(48,49)50)30(31(21)39)37-35-23-15-20(5-7-26(23)58-3)62(43,44)11-9-60-66(54,55)56;;;;;;;;/h10-16,31,41H,6-9H2,1-5H3,(H,35,42)(H,47,48,49)(H,50,51,52)(H,53,54,55)(H,56,57,58);4-7,12-16,29,39H,8-11H2,1-3H3,(H,33,40)(H,45,46,47)(H,48,49,50)(H,51,52,53)(H,54,55,56);;;;;;;;/q;;8*+1/p-8. The number of Topliss-reactive ketones (excluding diaryl/α,β-unsaturated/α-hetero) is 2. The van der Waals surface area contributed by atoms with Crippen molar-refractivity contribution in [3.8, 4) is 34.5 Å². The fourth-order valence-corrected chi connectivity index (χ4v) is 20.3. The zero-order chi connectivity index (χ0) is 101. The average molecular weight is 2300 g/mol. The number of phenolic OH excluding ortho intramolecular Hbond substituents is 2. The van der Waals surface area contributed by atoms with Crippen molar-refractivity contribution in [3.05, 3.63) is 108 Å². The van der Waals surface area contributed by atoms with Crippen molar-refractivity contribution >= 4 is 212 Å². The molecule has 0 spiro atoms. The number of ketones is 2. The topological polar surface area (TPSA) is 900 Å². The van der Waals surface area contributed by atoms with Gasteiger partial charge in [0.05, 0.1) is 128 Å². The summed E-state index contributed by atoms with van der Waals surface area (Å²) < 4.78 is 417. The number of anilines is 2. The number of nitrogens with zero attached hydrogens (tertiary/aromatic N) is 8. The number of sulfone groups is 4. The van der Waals surface area contributed by atoms with Crippen LogP contribution in [0.2, 0.25) is 0 Å². The average Bonchev–Trinajstić information content (AvgIpc) is 0.749. The number of ether oxygens (including phenoxy) is 4. The minimum Gasteiger partial charge on any atom is -0.744 e. The Bertz CT molecular complexity index is 7780. The number of nitrogens with one attached hydrogen (secondary N) is 2. The number of aryl methyl sites for hydroxylation is 2. The molecule has 0 aromatic heterocycles. The third-order valence-electron chi connectivity index (χ3n) is 17.2. The van der Waals surface area contributed by atoms with E-state index < -0.39 is 313 Å². The molecule has 8 aromatic rings. The Balaban J connectivity index is 0. The molecule has 142 heavy (non-hydrogen) atoms. The molecule has 0 fully saturated rings. The summed E-state index contributed by atoms with van der Waals surface area (Å²) in [6.45, 7) is -0.0906. The molecule has 76 heteroatoms. The number of aromatic hydroxyl groups is 2. The summed E-state index contributed by atoms with van der Waals surface area (Å²) in [6.07, 6.45) is 0. The van der Waals surface area contributed by atoms with E-state index in [9.17, 15) is 167 Å². The van der Waals surface area contributed by atoms with Crippen molar-refractivity contribution in [1.29, 1.82) is 0 Å². The molecule has 2 atom stereocenters. The van der Waals surface area contributed by atoms with Crippen molar-refractivity contribution in [3.63, 3.8) is 0 Å². The van der Waals surface area contributed by atoms with Crippen LogP contribution in [-0.4, -0.2) is 261 Å². The zero-order valence-corrected chi connectivity index (χ0v) is 102. The van der Waals surface area contributed by atoms with Crippen molar-refractivity contribution in [2.24, 2.45) is 40.9 Å². The number of rotatable bonds is 42. The summed E-state index contributed by atoms with van der Waals surface area (Å²) >= 11 is 0. The van der Waals surface area contributed by atoms with Gasteiger partial charge in [-0.1, -0.05) is 0 Å². The van der Waals surface area contributed by atoms with Crippen LogP contribution in [0.1, 0.15) is 25.0 Å². The molecule has 56 nitrogen and oxygen atoms in total. The van der Waals surface area contributed by atoms with E-state index in [4.69, 9.17) is 18.9 Å². The van der Waals surface area contributed by atoms with E-state index in [0.717, 1.165) is 103 Å². The van der Waals surface area contributed by atoms with Crippen LogP contribution >= 0.6 is 0 Å². The first-order valence-electron chi connectivity index (χ1n) is 35.2. The Hall–Kier alpha value is -3.32. The van der Waals surface area contributed by atoms with E-state index >= 15 is 0 Å². The number of azo groups is 4. The maximum atomic E-state index is 13.6. The summed E-state index contributed by atoms with van der Waals surface area (Å²) in [5, 5.41) is 53.6. The zero-order valence-electron chi connectivity index (χ0n) is 76.4. The van der Waals surface area contributed by atoms with E-state index in [1.54, 1.807) is 0 Å². The summed E-state index contributed by atoms with van der Waals surface area (Å²) in [5.41, 5.74) is -6.00. The first kappa shape index (κ1) is 141. The van der Waals surface area contributed by atoms with Crippen LogP contribution in [0.15, 0.2) is 177 Å². The number of benzene rings is 8. The molecule has 0 aliphatic rings. The van der Waals surface area contributed by atoms with Crippen LogP contribution in [0.25, 0.3) is 21.5 Å². The molecule has 0 bridgehead atoms. The molecular weight excluding hydrogens is 2240 g/mol. The first-order chi connectivity index (χ1) is 61.4. The molecule has 4 N–H and O–H groups in total. The molecule has 0 aliphatic heterocycles. The number of hydrogen-bond acceptors (Lipinski definition) is 54. The van der Waals surface area contributed by atoms with E-state index in [-0.39, 0.29) is 282 Å². The second-order valence-electron chi connectivity index (χ2n) is 26.4. The van der Waals surface area contributed by atoms with Crippen LogP contribution in [0.3, 0.4) is 0 Å². The SMILES string of the molecule is COc1cc(S(=O)(=O)CCOS(=O)(=O)[O-])c(C)cc1N=Nc1c(S(=O)(=O)[O-])cc2cc(S(=O)(=O)[O-])c(NC(=O)C(N=Nc3cc(C)c(S(=O)(=O)CCOS(=O)(=O)[O-])cc3OC)C(C)=O)cc2c1O.COc1ccc(S(=O)(=O)CCOS(=O)(=O)[O-])cc1N=Nc1c(S(=O)(=O)[O-])cc2cc(S(=O)(=O)[O-])c(NC(=O)C(N=Nc3cc(S(=O)(=O)CCOS(=O)(=O)[O-])ccc3OC)C(C)=O)cc2c1O.[Na+].[Na+].[Na+].[Na+].[Na+].[Na+].[Na+].[Na+]. The number of carbonyl (C=O) groups is 4. The van der Waals surface area contributed by atoms with E-state index in [1.165, 1.54) is 13.8 Å². The summed E-state index contributed by atoms with van der Waals surface area (Å²) in [5.74, 6) is -12.8. The minimum absolute atomic E-state index is 0. The van der Waals surface area contributed by atoms with Gasteiger partial charge in [0.2, 0.25) is 53.7 Å². The molecule has 0 heterocycles. The summed E-state index contributed by atoms with van der Waals surface area (Å²) in [4.78, 5) is 45.0. The van der Waals surface area contributed by atoms with Gasteiger partial charge in [0, 0.05) is 22.9 Å². The normalized spacial score (nSPS) is 12.8. The van der Waals surface area contributed by atoms with E-state index in [0.29, 0.717) is 36.4 Å². The van der Waals surface area contributed by atoms with Crippen LogP contribution < -0.4 is 266 Å². The van der Waals surface area contributed by atoms with Crippen molar-refractivity contribution in [2.75, 3.05) is 88.5 Å². The maximum Gasteiger partial charge on any atom is 1.00 e. The van der Waals surface area contributed by atoms with Gasteiger partial charge in [0.25, 0.3) is 11.8 Å². The molecule has 2 unspecified atom stereocenters. The van der Waals surface area contributed by atoms with Crippen molar-refractivity contribution < 1.29 is 439 Å². The number of fused-ring (bicyclic) bond motifs is 2. The predicted octanol–water partition coefficient (Wildman–Crippen LogP) is -21.4. The quantitative estimate of drug-likeness (QED) is 0.00907. The molecule has 732 valence electrons. The fourth-order valence-electron chi connectivity index (χ4n) is 11.2. The van der Waals surface area contributed by atoms with Gasteiger partial charge in [-0.05, 0) is 135 Å². The number of methoxy groups -OCH3 is 4. The van der Waals surface area contributed by atoms with Gasteiger partial charge >= 0.3 is 236 Å². The van der Waals surface area contributed by atoms with Gasteiger partial charge in [-0.15, -0.1) is 20.5 Å². The Kier molecular flexibility index (Phi) is 56.3. The van der Waals surface area contributed by atoms with Crippen LogP contribution in [0.5, 0.6) is 34.5 Å². The van der Waals surface area contributed by atoms with Crippen molar-refractivity contribution in [2.45, 2.75) is 78.9 Å². The monoisotopic (exact) mass is 2300 g/mol. The molecule has 8 aromatic carbocycles. The Morgan fingerprint density at radius 2 is 0.577 bits per heavy atom. The van der Waals surface area contributed by atoms with Gasteiger partial charge in [0.15, 0.2) is 62.4 Å². The molecule has 0 radical (unpaired) electrons. The number of amides is 2. The molecule has 0 aliphatic carbocycles. The predicted molar refractivity (Wildman–Crippen MR) is 439 cm³/mol. The summed E-state index contributed by atoms with van der Waals surface area (Å²) in [7, 11) is -56.9. The van der Waals surface area contributed by atoms with Gasteiger partial charge in [-0.2, -0.15) is 20.5 Å². The van der Waals surface area contributed by atoms with Crippen molar-refractivity contribution in [1.82, 2.24) is 0 Å². The van der Waals surface area contributed by atoms with Gasteiger partial charge in [-0.3, -0.25) is 35.9 Å². The van der Waals surface area contributed by atoms with Gasteiger partial charge in [0.1, 0.15) is 97.6 Å². The Morgan fingerprint density at radius 1 is 0.324 bits per heavy atom. The van der Waals surface area contributed by atoms with E-state index in [2.05, 4.69) is 57.6 Å². The molecule has 8 rings (SSSR count). The molecular formula is C66H62N10Na8O46S12. The van der Waals surface area contributed by atoms with E-state index in [1.807, 2.05) is 10.6 Å². The fraction of sp³-hybridized carbons (Fsp3) is 0.273. The minimum atomic E-state index is -5.69. The number of phenols is 2. The van der Waals surface area contributed by atoms with Crippen LogP contribution in [0.4, 0.5) is 45.5 Å².